The zero-order valence-electron chi connectivity index (χ0n) is 12.4. The van der Waals surface area contributed by atoms with Crippen LogP contribution in [0.1, 0.15) is 26.7 Å². The van der Waals surface area contributed by atoms with Gasteiger partial charge in [-0.25, -0.2) is 0 Å². The Morgan fingerprint density at radius 1 is 1.33 bits per heavy atom. The Balaban J connectivity index is 2.16. The van der Waals surface area contributed by atoms with Gasteiger partial charge in [0.1, 0.15) is 0 Å². The fourth-order valence-electron chi connectivity index (χ4n) is 3.31. The van der Waals surface area contributed by atoms with Gasteiger partial charge in [-0.3, -0.25) is 9.80 Å². The van der Waals surface area contributed by atoms with Crippen LogP contribution in [0, 0.1) is 5.92 Å². The Morgan fingerprint density at radius 3 is 2.44 bits per heavy atom. The molecule has 2 fully saturated rings. The van der Waals surface area contributed by atoms with Crippen molar-refractivity contribution in [3.05, 3.63) is 0 Å². The average Bonchev–Trinajstić information content (AvgIpc) is 3.14. The molecule has 2 rings (SSSR count). The smallest absolute Gasteiger partial charge is 0.0661 e. The van der Waals surface area contributed by atoms with E-state index in [9.17, 15) is 0 Å². The van der Waals surface area contributed by atoms with Crippen LogP contribution in [0.25, 0.3) is 0 Å². The number of hydrogen-bond acceptors (Lipinski definition) is 4. The molecule has 18 heavy (non-hydrogen) atoms. The zero-order chi connectivity index (χ0) is 13.4. The van der Waals surface area contributed by atoms with E-state index < -0.39 is 0 Å². The van der Waals surface area contributed by atoms with Crippen molar-refractivity contribution < 1.29 is 4.74 Å². The van der Waals surface area contributed by atoms with Crippen molar-refractivity contribution in [1.82, 2.24) is 9.80 Å². The fraction of sp³-hybridized carbons (Fsp3) is 1.00. The van der Waals surface area contributed by atoms with Gasteiger partial charge in [-0.15, -0.1) is 0 Å². The van der Waals surface area contributed by atoms with Gasteiger partial charge in [-0.05, 0) is 39.7 Å². The van der Waals surface area contributed by atoms with Gasteiger partial charge in [-0.1, -0.05) is 0 Å². The predicted octanol–water partition coefficient (Wildman–Crippen LogP) is 0.766. The molecule has 4 nitrogen and oxygen atoms in total. The molecule has 0 aromatic rings. The second-order valence-electron chi connectivity index (χ2n) is 6.67. The Morgan fingerprint density at radius 2 is 2.00 bits per heavy atom. The summed E-state index contributed by atoms with van der Waals surface area (Å²) in [6.45, 7) is 9.43. The van der Waals surface area contributed by atoms with Crippen molar-refractivity contribution in [2.75, 3.05) is 46.9 Å². The van der Waals surface area contributed by atoms with Crippen LogP contribution < -0.4 is 5.73 Å². The molecule has 0 aromatic carbocycles. The van der Waals surface area contributed by atoms with Crippen LogP contribution in [0.5, 0.6) is 0 Å². The van der Waals surface area contributed by atoms with Crippen LogP contribution in [0.4, 0.5) is 0 Å². The van der Waals surface area contributed by atoms with Crippen LogP contribution in [-0.2, 0) is 4.74 Å². The monoisotopic (exact) mass is 255 g/mol. The number of nitrogens with two attached hydrogens (primary N) is 1. The Kier molecular flexibility index (Phi) is 4.02. The standard InChI is InChI=1S/C14H29N3O/c1-13(2)10-17(8-7-16(13)3)14(9-15,11-18-4)12-5-6-12/h12H,5-11,15H2,1-4H3. The van der Waals surface area contributed by atoms with Crippen molar-refractivity contribution >= 4 is 0 Å². The Labute approximate surface area is 111 Å². The minimum absolute atomic E-state index is 0.0767. The molecule has 0 amide bonds. The van der Waals surface area contributed by atoms with Crippen molar-refractivity contribution in [2.45, 2.75) is 37.8 Å². The Bertz CT molecular complexity index is 291. The second kappa shape index (κ2) is 5.08. The van der Waals surface area contributed by atoms with Crippen LogP contribution in [0.15, 0.2) is 0 Å². The van der Waals surface area contributed by atoms with Gasteiger partial charge in [0.25, 0.3) is 0 Å². The van der Waals surface area contributed by atoms with E-state index in [1.165, 1.54) is 12.8 Å². The van der Waals surface area contributed by atoms with E-state index in [0.717, 1.165) is 32.2 Å². The highest BCUT2D eigenvalue weighted by molar-refractivity contribution is 5.06. The van der Waals surface area contributed by atoms with Crippen molar-refractivity contribution in [3.63, 3.8) is 0 Å². The van der Waals surface area contributed by atoms with Crippen molar-refractivity contribution in [3.8, 4) is 0 Å². The van der Waals surface area contributed by atoms with E-state index in [2.05, 4.69) is 30.7 Å². The lowest BCUT2D eigenvalue weighted by Crippen LogP contribution is -2.68. The maximum atomic E-state index is 6.15. The molecule has 1 unspecified atom stereocenters. The molecule has 106 valence electrons. The van der Waals surface area contributed by atoms with Gasteiger partial charge >= 0.3 is 0 Å². The molecule has 0 radical (unpaired) electrons. The first-order valence-electron chi connectivity index (χ1n) is 7.11. The summed E-state index contributed by atoms with van der Waals surface area (Å²) in [5, 5.41) is 0. The molecule has 2 aliphatic rings. The van der Waals surface area contributed by atoms with Gasteiger partial charge in [0.2, 0.25) is 0 Å². The molecule has 1 saturated heterocycles. The summed E-state index contributed by atoms with van der Waals surface area (Å²) in [5.41, 5.74) is 6.45. The number of likely N-dealkylation sites (N-methyl/N-ethyl adjacent to an activating group) is 1. The van der Waals surface area contributed by atoms with Gasteiger partial charge in [0, 0.05) is 38.8 Å². The lowest BCUT2D eigenvalue weighted by Gasteiger charge is -2.53. The fourth-order valence-corrected chi connectivity index (χ4v) is 3.31. The molecule has 1 aliphatic carbocycles. The summed E-state index contributed by atoms with van der Waals surface area (Å²) in [6, 6.07) is 0. The highest BCUT2D eigenvalue weighted by Gasteiger charge is 2.50. The van der Waals surface area contributed by atoms with Gasteiger partial charge < -0.3 is 10.5 Å². The number of rotatable bonds is 5. The molecule has 0 spiro atoms. The number of ether oxygens (including phenoxy) is 1. The predicted molar refractivity (Wildman–Crippen MR) is 74.7 cm³/mol. The van der Waals surface area contributed by atoms with Gasteiger partial charge in [0.15, 0.2) is 0 Å². The minimum Gasteiger partial charge on any atom is -0.383 e. The first-order chi connectivity index (χ1) is 8.46. The van der Waals surface area contributed by atoms with E-state index in [1.807, 2.05) is 0 Å². The van der Waals surface area contributed by atoms with Gasteiger partial charge in [-0.2, -0.15) is 0 Å². The summed E-state index contributed by atoms with van der Waals surface area (Å²) in [5.74, 6) is 0.738. The van der Waals surface area contributed by atoms with Crippen LogP contribution >= 0.6 is 0 Å². The first kappa shape index (κ1) is 14.3. The molecule has 1 atom stereocenters. The van der Waals surface area contributed by atoms with Crippen LogP contribution in [-0.4, -0.2) is 67.8 Å². The minimum atomic E-state index is 0.0767. The van der Waals surface area contributed by atoms with E-state index in [-0.39, 0.29) is 11.1 Å². The summed E-state index contributed by atoms with van der Waals surface area (Å²) in [7, 11) is 4.02. The van der Waals surface area contributed by atoms with Crippen LogP contribution in [0.3, 0.4) is 0 Å². The summed E-state index contributed by atoms with van der Waals surface area (Å²) >= 11 is 0. The van der Waals surface area contributed by atoms with E-state index in [0.29, 0.717) is 6.54 Å². The SMILES string of the molecule is COCC(CN)(C1CC1)N1CCN(C)C(C)(C)C1. The molecule has 1 heterocycles. The largest absolute Gasteiger partial charge is 0.383 e. The summed E-state index contributed by atoms with van der Waals surface area (Å²) in [4.78, 5) is 5.05. The second-order valence-corrected chi connectivity index (χ2v) is 6.67. The summed E-state index contributed by atoms with van der Waals surface area (Å²) in [6.07, 6.45) is 2.63. The third kappa shape index (κ3) is 2.44. The van der Waals surface area contributed by atoms with E-state index in [4.69, 9.17) is 10.5 Å². The number of nitrogens with zero attached hydrogens (tertiary/aromatic N) is 2. The average molecular weight is 255 g/mol. The molecule has 1 saturated carbocycles. The topological polar surface area (TPSA) is 41.7 Å². The lowest BCUT2D eigenvalue weighted by atomic mass is 9.87. The van der Waals surface area contributed by atoms with Crippen molar-refractivity contribution in [2.24, 2.45) is 11.7 Å². The molecule has 2 N–H and O–H groups in total. The molecule has 1 aliphatic heterocycles. The zero-order valence-corrected chi connectivity index (χ0v) is 12.4. The quantitative estimate of drug-likeness (QED) is 0.788. The first-order valence-corrected chi connectivity index (χ1v) is 7.11. The van der Waals surface area contributed by atoms with Gasteiger partial charge in [0.05, 0.1) is 12.1 Å². The third-order valence-corrected chi connectivity index (χ3v) is 5.03. The lowest BCUT2D eigenvalue weighted by molar-refractivity contribution is -0.0610. The van der Waals surface area contributed by atoms with E-state index >= 15 is 0 Å². The number of methoxy groups -OCH3 is 1. The molecule has 0 aromatic heterocycles. The number of piperazine rings is 1. The van der Waals surface area contributed by atoms with E-state index in [1.54, 1.807) is 7.11 Å². The molecule has 4 heteroatoms. The van der Waals surface area contributed by atoms with Crippen LogP contribution in [0.2, 0.25) is 0 Å². The molecular weight excluding hydrogens is 226 g/mol. The maximum Gasteiger partial charge on any atom is 0.0661 e. The highest BCUT2D eigenvalue weighted by Crippen LogP contribution is 2.44. The Hall–Kier alpha value is -0.160. The normalized spacial score (nSPS) is 29.2. The highest BCUT2D eigenvalue weighted by atomic mass is 16.5. The number of hydrogen-bond donors (Lipinski definition) is 1. The third-order valence-electron chi connectivity index (χ3n) is 5.03. The van der Waals surface area contributed by atoms with Crippen molar-refractivity contribution in [1.29, 1.82) is 0 Å². The maximum absolute atomic E-state index is 6.15. The molecular formula is C14H29N3O. The molecule has 0 bridgehead atoms. The summed E-state index contributed by atoms with van der Waals surface area (Å²) < 4.78 is 5.51.